The van der Waals surface area contributed by atoms with Gasteiger partial charge in [-0.2, -0.15) is 0 Å². The van der Waals surface area contributed by atoms with Crippen molar-refractivity contribution >= 4 is 20.0 Å². The van der Waals surface area contributed by atoms with Gasteiger partial charge in [-0.3, -0.25) is 51.6 Å². The summed E-state index contributed by atoms with van der Waals surface area (Å²) in [6.45, 7) is 63.2. The van der Waals surface area contributed by atoms with E-state index in [4.69, 9.17) is 65.9 Å². The summed E-state index contributed by atoms with van der Waals surface area (Å²) >= 11 is 0. The number of esters is 2. The summed E-state index contributed by atoms with van der Waals surface area (Å²) in [6, 6.07) is 0. The molecule has 22 nitrogen and oxygen atoms in total. The highest BCUT2D eigenvalue weighted by atomic mass is 28.3. The zero-order chi connectivity index (χ0) is 79.1. The standard InChI is InChI=1S/C12H24O2.C11H20O4.C10H18O4.C10H20O3.C10H22O2.C9H20O2.C8H18O3.C8H20O2Si/c1-4-10(2)11(14-13)12(3)8-6-5-7-9-12;1-4-8(2)10(15-13)11(3)5-6-14-9(12)7-11;1-4-7(2)8(14-12)10(3)5-6-13-9(10)11;1-3-8(2)10(13-11)9-6-4-5-7-12-9;1-6-8(3)9(12-11)10(4,5)7-2;1-6-7(2)8(11-10)9(3,4)5;1-4-7(3)8(11-9)6-10-5-2;1-6-7(2)8(10-9)11(3,4)5/h10-11,13H,4-9H2,1-3H3;8,10,13H,4-7H2,1-3H3;7-8,12H,4-6H2,1-3H3;8-11H,3-7H2,1-2H3;8-9,11H,6-7H2,1-5H3;7-8,10H,6H2,1-5H3;7-9H,4-6H2,1-3H3;7-9H,6H2,1-5H3. The third-order valence-electron chi connectivity index (χ3n) is 22.6. The topological polar surface area (TPSA) is 307 Å². The molecule has 1 aliphatic carbocycles. The Balaban J connectivity index is -0.000000534. The Morgan fingerprint density at radius 3 is 1.23 bits per heavy atom. The lowest BCUT2D eigenvalue weighted by Crippen LogP contribution is -2.44. The van der Waals surface area contributed by atoms with Crippen molar-refractivity contribution < 1.29 is 110 Å². The molecular formula is C78H162O22Si. The minimum atomic E-state index is -1.34. The van der Waals surface area contributed by atoms with E-state index in [-0.39, 0.29) is 93.9 Å². The number of ether oxygens (including phenoxy) is 4. The molecule has 4 fully saturated rings. The second-order valence-electron chi connectivity index (χ2n) is 33.4. The molecule has 0 amide bonds. The fourth-order valence-electron chi connectivity index (χ4n) is 13.6. The van der Waals surface area contributed by atoms with Crippen LogP contribution in [0.2, 0.25) is 19.6 Å². The third-order valence-corrected chi connectivity index (χ3v) is 25.0. The first-order chi connectivity index (χ1) is 47.1. The van der Waals surface area contributed by atoms with E-state index in [9.17, 15) is 9.59 Å². The Kier molecular flexibility index (Phi) is 59.3. The van der Waals surface area contributed by atoms with Gasteiger partial charge in [0.1, 0.15) is 42.7 Å². The highest BCUT2D eigenvalue weighted by molar-refractivity contribution is 6.77. The molecule has 0 radical (unpaired) electrons. The van der Waals surface area contributed by atoms with E-state index in [1.807, 2.05) is 48.5 Å². The maximum Gasteiger partial charge on any atom is 0.314 e. The second-order valence-corrected chi connectivity index (χ2v) is 38.7. The molecule has 3 heterocycles. The van der Waals surface area contributed by atoms with Crippen molar-refractivity contribution in [2.24, 2.45) is 74.4 Å². The predicted octanol–water partition coefficient (Wildman–Crippen LogP) is 21.4. The lowest BCUT2D eigenvalue weighted by molar-refractivity contribution is -0.318. The number of hydrogen-bond acceptors (Lipinski definition) is 22. The van der Waals surface area contributed by atoms with Crippen molar-refractivity contribution in [3.05, 3.63) is 0 Å². The number of cyclic esters (lactones) is 2. The maximum absolute atomic E-state index is 11.5. The van der Waals surface area contributed by atoms with Gasteiger partial charge in [-0.25, -0.2) is 39.1 Å². The smallest absolute Gasteiger partial charge is 0.314 e. The van der Waals surface area contributed by atoms with Crippen LogP contribution in [-0.2, 0) is 67.6 Å². The van der Waals surface area contributed by atoms with E-state index in [1.165, 1.54) is 38.5 Å². The summed E-state index contributed by atoms with van der Waals surface area (Å²) in [5.41, 5.74) is -0.645. The molecule has 3 aliphatic heterocycles. The van der Waals surface area contributed by atoms with E-state index in [0.717, 1.165) is 83.7 Å². The monoisotopic (exact) mass is 1480 g/mol. The van der Waals surface area contributed by atoms with Crippen LogP contribution in [0.25, 0.3) is 0 Å². The Morgan fingerprint density at radius 1 is 0.465 bits per heavy atom. The van der Waals surface area contributed by atoms with Crippen molar-refractivity contribution in [3.63, 3.8) is 0 Å². The van der Waals surface area contributed by atoms with Crippen LogP contribution < -0.4 is 0 Å². The van der Waals surface area contributed by atoms with Crippen LogP contribution in [0, 0.1) is 74.4 Å². The van der Waals surface area contributed by atoms with Gasteiger partial charge in [0, 0.05) is 25.0 Å². The Hall–Kier alpha value is -1.56. The molecule has 19 atom stereocenters. The lowest BCUT2D eigenvalue weighted by Gasteiger charge is -2.41. The molecule has 0 aromatic heterocycles. The van der Waals surface area contributed by atoms with Gasteiger partial charge in [-0.05, 0) is 122 Å². The Bertz CT molecular complexity index is 1940. The quantitative estimate of drug-likeness (QED) is 0.0128. The first kappa shape index (κ1) is 106. The summed E-state index contributed by atoms with van der Waals surface area (Å²) < 4.78 is 20.5. The highest BCUT2D eigenvalue weighted by Crippen LogP contribution is 2.44. The summed E-state index contributed by atoms with van der Waals surface area (Å²) in [6.07, 6.45) is 19.2. The fourth-order valence-corrected chi connectivity index (χ4v) is 15.9. The van der Waals surface area contributed by atoms with Crippen molar-refractivity contribution in [1.29, 1.82) is 0 Å². The van der Waals surface area contributed by atoms with Gasteiger partial charge < -0.3 is 18.9 Å². The average molecular weight is 1480 g/mol. The molecular weight excluding hydrogens is 1320 g/mol. The van der Waals surface area contributed by atoms with Crippen LogP contribution in [0.4, 0.5) is 0 Å². The molecule has 1 saturated carbocycles. The summed E-state index contributed by atoms with van der Waals surface area (Å²) in [7, 11) is -1.34. The number of carbonyl (C=O) groups is 2. The third kappa shape index (κ3) is 39.4. The minimum Gasteiger partial charge on any atom is -0.466 e. The number of rotatable bonds is 34. The van der Waals surface area contributed by atoms with Crippen molar-refractivity contribution in [1.82, 2.24) is 0 Å². The van der Waals surface area contributed by atoms with E-state index < -0.39 is 19.6 Å². The van der Waals surface area contributed by atoms with Gasteiger partial charge in [0.15, 0.2) is 0 Å². The van der Waals surface area contributed by atoms with E-state index in [0.29, 0.717) is 74.8 Å². The zero-order valence-corrected chi connectivity index (χ0v) is 70.8. The zero-order valence-electron chi connectivity index (χ0n) is 69.8. The van der Waals surface area contributed by atoms with Gasteiger partial charge >= 0.3 is 11.9 Å². The highest BCUT2D eigenvalue weighted by Gasteiger charge is 2.50. The molecule has 0 spiro atoms. The number of carbonyl (C=O) groups excluding carboxylic acids is 2. The van der Waals surface area contributed by atoms with Crippen LogP contribution in [0.5, 0.6) is 0 Å². The molecule has 101 heavy (non-hydrogen) atoms. The van der Waals surface area contributed by atoms with E-state index in [1.54, 1.807) is 6.92 Å². The molecule has 0 aromatic rings. The number of hydrogen-bond donors (Lipinski definition) is 8. The molecule has 19 unspecified atom stereocenters. The first-order valence-electron chi connectivity index (χ1n) is 39.1. The van der Waals surface area contributed by atoms with Crippen LogP contribution in [0.1, 0.15) is 308 Å². The fraction of sp³-hybridized carbons (Fsp3) is 0.974. The van der Waals surface area contributed by atoms with Gasteiger partial charge in [0.2, 0.25) is 0 Å². The summed E-state index contributed by atoms with van der Waals surface area (Å²) in [5.74, 6) is 2.31. The van der Waals surface area contributed by atoms with Crippen molar-refractivity contribution in [2.75, 3.05) is 33.0 Å². The summed E-state index contributed by atoms with van der Waals surface area (Å²) in [5, 5.41) is 70.3. The Morgan fingerprint density at radius 2 is 0.911 bits per heavy atom. The van der Waals surface area contributed by atoms with Crippen molar-refractivity contribution in [2.45, 2.75) is 383 Å². The normalized spacial score (nSPS) is 23.9. The molecule has 0 bridgehead atoms. The minimum absolute atomic E-state index is 0.0180. The van der Waals surface area contributed by atoms with Crippen LogP contribution >= 0.6 is 0 Å². The SMILES string of the molecule is CCC(C)C(OO)C(C)(C)C.CCC(C)C(OO)C(C)(C)CC.CCC(C)C(OO)C1(C)CCCCC1.CCC(C)C(OO)C1(C)CCOC(=O)C1.CCC(C)C(OO)C1(C)CCOC1=O.CCC(C)C(OO)C1CCCCO1.CCC(C)C(OO)[Si](C)(C)C.CCOCC(OO)C(C)CC. The van der Waals surface area contributed by atoms with Crippen molar-refractivity contribution in [3.8, 4) is 0 Å². The average Bonchev–Trinajstić information content (AvgIpc) is 1.76. The van der Waals surface area contributed by atoms with Crippen LogP contribution in [0.3, 0.4) is 0 Å². The largest absolute Gasteiger partial charge is 0.466 e. The molecule has 8 N–H and O–H groups in total. The van der Waals surface area contributed by atoms with Crippen LogP contribution in [0.15, 0.2) is 0 Å². The molecule has 0 aromatic carbocycles. The molecule has 610 valence electrons. The van der Waals surface area contributed by atoms with Crippen LogP contribution in [-0.4, -0.2) is 150 Å². The van der Waals surface area contributed by atoms with Gasteiger partial charge in [-0.15, -0.1) is 0 Å². The van der Waals surface area contributed by atoms with Gasteiger partial charge in [0.25, 0.3) is 0 Å². The maximum atomic E-state index is 11.5. The molecule has 23 heteroatoms. The van der Waals surface area contributed by atoms with E-state index >= 15 is 0 Å². The van der Waals surface area contributed by atoms with E-state index in [2.05, 4.69) is 178 Å². The summed E-state index contributed by atoms with van der Waals surface area (Å²) in [4.78, 5) is 58.9. The lowest BCUT2D eigenvalue weighted by atomic mass is 9.68. The van der Waals surface area contributed by atoms with Gasteiger partial charge in [0.05, 0.1) is 51.6 Å². The van der Waals surface area contributed by atoms with Gasteiger partial charge in [-0.1, -0.05) is 256 Å². The first-order valence-corrected chi connectivity index (χ1v) is 42.6. The Labute approximate surface area is 617 Å². The predicted molar refractivity (Wildman–Crippen MR) is 406 cm³/mol. The molecule has 4 aliphatic rings. The molecule has 4 rings (SSSR count). The molecule has 3 saturated heterocycles. The second kappa shape index (κ2) is 56.7.